The molecule has 0 aliphatic rings. The second kappa shape index (κ2) is 6.38. The van der Waals surface area contributed by atoms with Crippen LogP contribution in [-0.2, 0) is 15.3 Å². The first-order chi connectivity index (χ1) is 7.54. The molecule has 0 radical (unpaired) electrons. The number of thioether (sulfide) groups is 1. The van der Waals surface area contributed by atoms with Crippen molar-refractivity contribution >= 4 is 40.9 Å². The Morgan fingerprint density at radius 2 is 2.12 bits per heavy atom. The monoisotopic (exact) mass is 278 g/mol. The van der Waals surface area contributed by atoms with Gasteiger partial charge in [0, 0.05) is 5.75 Å². The van der Waals surface area contributed by atoms with E-state index in [2.05, 4.69) is 4.74 Å². The fourth-order valence-corrected chi connectivity index (χ4v) is 2.26. The molecule has 0 spiro atoms. The fourth-order valence-electron chi connectivity index (χ4n) is 1.08. The van der Waals surface area contributed by atoms with Gasteiger partial charge in [-0.05, 0) is 24.6 Å². The summed E-state index contributed by atoms with van der Waals surface area (Å²) in [5.41, 5.74) is 1.04. The Balaban J connectivity index is 2.55. The molecule has 0 saturated carbocycles. The van der Waals surface area contributed by atoms with Crippen LogP contribution in [0.15, 0.2) is 18.2 Å². The topological polar surface area (TPSA) is 26.3 Å². The smallest absolute Gasteiger partial charge is 0.318 e. The van der Waals surface area contributed by atoms with Gasteiger partial charge >= 0.3 is 5.97 Å². The molecule has 16 heavy (non-hydrogen) atoms. The lowest BCUT2D eigenvalue weighted by molar-refractivity contribution is -0.139. The Kier molecular flexibility index (Phi) is 5.46. The van der Waals surface area contributed by atoms with E-state index in [0.717, 1.165) is 5.56 Å². The molecular weight excluding hydrogens is 267 g/mol. The highest BCUT2D eigenvalue weighted by molar-refractivity contribution is 7.99. The third kappa shape index (κ3) is 3.89. The van der Waals surface area contributed by atoms with E-state index in [1.807, 2.05) is 13.0 Å². The third-order valence-electron chi connectivity index (χ3n) is 2.02. The van der Waals surface area contributed by atoms with Gasteiger partial charge in [0.05, 0.1) is 22.4 Å². The van der Waals surface area contributed by atoms with Crippen molar-refractivity contribution in [2.24, 2.45) is 0 Å². The van der Waals surface area contributed by atoms with Gasteiger partial charge < -0.3 is 4.74 Å². The molecule has 0 aliphatic carbocycles. The van der Waals surface area contributed by atoms with Crippen molar-refractivity contribution in [3.05, 3.63) is 33.8 Å². The van der Waals surface area contributed by atoms with Gasteiger partial charge in [-0.15, -0.1) is 11.8 Å². The first-order valence-corrected chi connectivity index (χ1v) is 6.48. The van der Waals surface area contributed by atoms with Crippen molar-refractivity contribution in [1.29, 1.82) is 0 Å². The van der Waals surface area contributed by atoms with Gasteiger partial charge in [-0.1, -0.05) is 29.3 Å². The quantitative estimate of drug-likeness (QED) is 0.784. The maximum Gasteiger partial charge on any atom is 0.318 e. The summed E-state index contributed by atoms with van der Waals surface area (Å²) >= 11 is 13.2. The Morgan fingerprint density at radius 1 is 1.44 bits per heavy atom. The molecule has 0 amide bonds. The zero-order valence-electron chi connectivity index (χ0n) is 9.00. The van der Waals surface area contributed by atoms with Crippen LogP contribution in [-0.4, -0.2) is 18.3 Å². The third-order valence-corrected chi connectivity index (χ3v) is 3.95. The Hall–Kier alpha value is -0.380. The molecule has 0 heterocycles. The molecule has 88 valence electrons. The number of carbonyl (C=O) groups excluding carboxylic acids is 1. The van der Waals surface area contributed by atoms with Gasteiger partial charge in [-0.25, -0.2) is 0 Å². The number of halogens is 2. The predicted molar refractivity (Wildman–Crippen MR) is 69.2 cm³/mol. The molecule has 5 heteroatoms. The van der Waals surface area contributed by atoms with E-state index in [9.17, 15) is 4.79 Å². The van der Waals surface area contributed by atoms with E-state index in [1.54, 1.807) is 12.1 Å². The minimum atomic E-state index is -0.218. The minimum Gasteiger partial charge on any atom is -0.468 e. The van der Waals surface area contributed by atoms with Crippen LogP contribution in [0.25, 0.3) is 0 Å². The summed E-state index contributed by atoms with van der Waals surface area (Å²) in [6.07, 6.45) is 0. The predicted octanol–water partition coefficient (Wildman–Crippen LogP) is 3.79. The average molecular weight is 279 g/mol. The highest BCUT2D eigenvalue weighted by Gasteiger charge is 2.13. The molecule has 2 nitrogen and oxygen atoms in total. The van der Waals surface area contributed by atoms with Crippen molar-refractivity contribution in [2.45, 2.75) is 17.9 Å². The second-order valence-electron chi connectivity index (χ2n) is 3.22. The summed E-state index contributed by atoms with van der Waals surface area (Å²) in [4.78, 5) is 11.2. The highest BCUT2D eigenvalue weighted by atomic mass is 35.5. The van der Waals surface area contributed by atoms with Gasteiger partial charge in [-0.3, -0.25) is 4.79 Å². The standard InChI is InChI=1S/C11H12Cl2O2S/c1-7(11(14)15-2)16-6-8-3-4-9(12)10(13)5-8/h3-5,7H,6H2,1-2H3. The van der Waals surface area contributed by atoms with Crippen molar-refractivity contribution in [2.75, 3.05) is 7.11 Å². The molecule has 1 aromatic carbocycles. The van der Waals surface area contributed by atoms with Crippen molar-refractivity contribution < 1.29 is 9.53 Å². The van der Waals surface area contributed by atoms with Crippen LogP contribution in [0.3, 0.4) is 0 Å². The number of benzene rings is 1. The summed E-state index contributed by atoms with van der Waals surface area (Å²) in [5, 5.41) is 0.890. The molecule has 1 unspecified atom stereocenters. The lowest BCUT2D eigenvalue weighted by Crippen LogP contribution is -2.14. The lowest BCUT2D eigenvalue weighted by Gasteiger charge is -2.09. The molecule has 1 rings (SSSR count). The summed E-state index contributed by atoms with van der Waals surface area (Å²) in [6.45, 7) is 1.81. The number of hydrogen-bond acceptors (Lipinski definition) is 3. The Morgan fingerprint density at radius 3 is 2.69 bits per heavy atom. The van der Waals surface area contributed by atoms with Gasteiger partial charge in [0.15, 0.2) is 0 Å². The molecule has 0 saturated heterocycles. The van der Waals surface area contributed by atoms with Crippen LogP contribution in [0.1, 0.15) is 12.5 Å². The van der Waals surface area contributed by atoms with Gasteiger partial charge in [0.25, 0.3) is 0 Å². The van der Waals surface area contributed by atoms with Crippen LogP contribution in [0.2, 0.25) is 10.0 Å². The zero-order valence-corrected chi connectivity index (χ0v) is 11.3. The maximum atomic E-state index is 11.2. The second-order valence-corrected chi connectivity index (χ2v) is 5.37. The summed E-state index contributed by atoms with van der Waals surface area (Å²) < 4.78 is 4.64. The molecule has 0 aliphatic heterocycles. The van der Waals surface area contributed by atoms with Crippen LogP contribution < -0.4 is 0 Å². The Labute approximate surface area is 109 Å². The van der Waals surface area contributed by atoms with Crippen LogP contribution in [0.4, 0.5) is 0 Å². The highest BCUT2D eigenvalue weighted by Crippen LogP contribution is 2.26. The minimum absolute atomic E-state index is 0.181. The molecule has 0 bridgehead atoms. The van der Waals surface area contributed by atoms with Crippen molar-refractivity contribution in [1.82, 2.24) is 0 Å². The van der Waals surface area contributed by atoms with E-state index >= 15 is 0 Å². The fraction of sp³-hybridized carbons (Fsp3) is 0.364. The van der Waals surface area contributed by atoms with Gasteiger partial charge in [-0.2, -0.15) is 0 Å². The molecule has 0 fully saturated rings. The SMILES string of the molecule is COC(=O)C(C)SCc1ccc(Cl)c(Cl)c1. The zero-order chi connectivity index (χ0) is 12.1. The number of esters is 1. The number of methoxy groups -OCH3 is 1. The summed E-state index contributed by atoms with van der Waals surface area (Å²) in [7, 11) is 1.39. The van der Waals surface area contributed by atoms with E-state index in [-0.39, 0.29) is 11.2 Å². The van der Waals surface area contributed by atoms with Crippen LogP contribution in [0, 0.1) is 0 Å². The average Bonchev–Trinajstić information content (AvgIpc) is 2.29. The largest absolute Gasteiger partial charge is 0.468 e. The number of carbonyl (C=O) groups is 1. The molecule has 0 N–H and O–H groups in total. The summed E-state index contributed by atoms with van der Waals surface area (Å²) in [6, 6.07) is 5.45. The van der Waals surface area contributed by atoms with Gasteiger partial charge in [0.2, 0.25) is 0 Å². The maximum absolute atomic E-state index is 11.2. The number of hydrogen-bond donors (Lipinski definition) is 0. The number of ether oxygens (including phenoxy) is 1. The molecule has 0 aromatic heterocycles. The normalized spacial score (nSPS) is 12.2. The van der Waals surface area contributed by atoms with E-state index < -0.39 is 0 Å². The molecule has 1 aromatic rings. The number of rotatable bonds is 4. The first-order valence-electron chi connectivity index (χ1n) is 4.68. The molecule has 1 atom stereocenters. The van der Waals surface area contributed by atoms with Crippen LogP contribution >= 0.6 is 35.0 Å². The van der Waals surface area contributed by atoms with Crippen LogP contribution in [0.5, 0.6) is 0 Å². The van der Waals surface area contributed by atoms with Crippen molar-refractivity contribution in [3.63, 3.8) is 0 Å². The van der Waals surface area contributed by atoms with Gasteiger partial charge in [0.1, 0.15) is 0 Å². The first kappa shape index (κ1) is 13.7. The van der Waals surface area contributed by atoms with E-state index in [0.29, 0.717) is 15.8 Å². The van der Waals surface area contributed by atoms with Crippen molar-refractivity contribution in [3.8, 4) is 0 Å². The summed E-state index contributed by atoms with van der Waals surface area (Å²) in [5.74, 6) is 0.484. The lowest BCUT2D eigenvalue weighted by atomic mass is 10.2. The Bertz CT molecular complexity index is 382. The van der Waals surface area contributed by atoms with E-state index in [4.69, 9.17) is 23.2 Å². The molecular formula is C11H12Cl2O2S. The van der Waals surface area contributed by atoms with E-state index in [1.165, 1.54) is 18.9 Å².